The largest absolute Gasteiger partial charge is 0.254 e. The van der Waals surface area contributed by atoms with E-state index in [4.69, 9.17) is 4.98 Å². The van der Waals surface area contributed by atoms with Gasteiger partial charge < -0.3 is 0 Å². The van der Waals surface area contributed by atoms with Crippen molar-refractivity contribution in [2.75, 3.05) is 0 Å². The summed E-state index contributed by atoms with van der Waals surface area (Å²) >= 11 is 0. The van der Waals surface area contributed by atoms with Gasteiger partial charge in [0, 0.05) is 23.2 Å². The lowest BCUT2D eigenvalue weighted by Crippen LogP contribution is -2.44. The third kappa shape index (κ3) is 1.89. The Bertz CT molecular complexity index is 1350. The minimum absolute atomic E-state index is 0.428. The highest BCUT2D eigenvalue weighted by molar-refractivity contribution is 7.41. The van der Waals surface area contributed by atoms with Crippen LogP contribution in [0, 0.1) is 0 Å². The summed E-state index contributed by atoms with van der Waals surface area (Å²) in [6, 6.07) is 21.9. The third-order valence-electron chi connectivity index (χ3n) is 6.03. The molecule has 0 amide bonds. The molecule has 0 saturated heterocycles. The van der Waals surface area contributed by atoms with E-state index in [-0.39, 0.29) is 0 Å². The van der Waals surface area contributed by atoms with Gasteiger partial charge in [-0.2, -0.15) is 0 Å². The molecule has 1 aliphatic heterocycles. The predicted molar refractivity (Wildman–Crippen MR) is 121 cm³/mol. The van der Waals surface area contributed by atoms with Crippen LogP contribution in [0.1, 0.15) is 0 Å². The van der Waals surface area contributed by atoms with E-state index in [9.17, 15) is 0 Å². The van der Waals surface area contributed by atoms with Crippen molar-refractivity contribution < 1.29 is 0 Å². The molecule has 122 valence electrons. The van der Waals surface area contributed by atoms with Crippen molar-refractivity contribution in [2.24, 2.45) is 0 Å². The first kappa shape index (κ1) is 15.0. The molecule has 0 N–H and O–H groups in total. The second-order valence-corrected chi connectivity index (χ2v) is 7.30. The number of hydrogen-bond donors (Lipinski definition) is 0. The zero-order valence-electron chi connectivity index (χ0n) is 15.1. The van der Waals surface area contributed by atoms with Crippen molar-refractivity contribution >= 4 is 64.9 Å². The SMILES string of the molecule is BBB1c2ccccc2-c2ccc3c4cccnc4c4ncccc4c3c21. The fraction of sp³-hybridized carbons (Fsp3) is 0. The molecule has 27 heavy (non-hydrogen) atoms. The highest BCUT2D eigenvalue weighted by Gasteiger charge is 2.32. The number of hydrogen-bond acceptors (Lipinski definition) is 2. The monoisotopic (exact) mass is 340 g/mol. The van der Waals surface area contributed by atoms with E-state index in [2.05, 4.69) is 61.3 Å². The molecule has 3 aromatic carbocycles. The second-order valence-electron chi connectivity index (χ2n) is 7.30. The minimum atomic E-state index is 0.428. The van der Waals surface area contributed by atoms with Crippen molar-refractivity contribution in [3.8, 4) is 11.1 Å². The van der Waals surface area contributed by atoms with Gasteiger partial charge in [0.2, 0.25) is 0 Å². The summed E-state index contributed by atoms with van der Waals surface area (Å²) < 4.78 is 0. The van der Waals surface area contributed by atoms with Crippen LogP contribution in [0.5, 0.6) is 0 Å². The molecule has 0 radical (unpaired) electrons. The molecule has 5 aromatic rings. The van der Waals surface area contributed by atoms with Crippen LogP contribution in [0.4, 0.5) is 0 Å². The van der Waals surface area contributed by atoms with E-state index >= 15 is 0 Å². The first-order valence-corrected chi connectivity index (χ1v) is 9.56. The molecule has 0 aliphatic carbocycles. The maximum absolute atomic E-state index is 4.72. The van der Waals surface area contributed by atoms with Crippen LogP contribution < -0.4 is 10.9 Å². The van der Waals surface area contributed by atoms with Gasteiger partial charge in [-0.3, -0.25) is 9.97 Å². The fourth-order valence-electron chi connectivity index (χ4n) is 4.96. The maximum atomic E-state index is 4.72. The molecule has 0 unspecified atom stereocenters. The number of benzene rings is 3. The van der Waals surface area contributed by atoms with Crippen molar-refractivity contribution in [1.82, 2.24) is 9.97 Å². The van der Waals surface area contributed by atoms with Crippen molar-refractivity contribution in [3.05, 3.63) is 73.1 Å². The van der Waals surface area contributed by atoms with E-state index in [0.29, 0.717) is 6.60 Å². The van der Waals surface area contributed by atoms with Gasteiger partial charge in [0.25, 0.3) is 0 Å². The number of fused-ring (bicyclic) bond motifs is 10. The van der Waals surface area contributed by atoms with Crippen LogP contribution in [0.2, 0.25) is 0 Å². The molecule has 6 rings (SSSR count). The summed E-state index contributed by atoms with van der Waals surface area (Å²) in [5.74, 6) is 0. The van der Waals surface area contributed by atoms with Gasteiger partial charge in [-0.15, -0.1) is 0 Å². The summed E-state index contributed by atoms with van der Waals surface area (Å²) in [5.41, 5.74) is 7.65. The number of pyridine rings is 2. The smallest absolute Gasteiger partial charge is 0.168 e. The zero-order chi connectivity index (χ0) is 18.0. The van der Waals surface area contributed by atoms with E-state index in [0.717, 1.165) is 18.1 Å². The van der Waals surface area contributed by atoms with E-state index < -0.39 is 0 Å². The molecule has 5 heteroatoms. The van der Waals surface area contributed by atoms with E-state index in [1.807, 2.05) is 24.5 Å². The Hall–Kier alpha value is -3.07. The molecular weight excluding hydrogens is 325 g/mol. The number of nitrogens with zero attached hydrogens (tertiary/aromatic N) is 2. The summed E-state index contributed by atoms with van der Waals surface area (Å²) in [6.45, 7) is 0.428. The Morgan fingerprint density at radius 2 is 1.44 bits per heavy atom. The van der Waals surface area contributed by atoms with Crippen LogP contribution in [0.25, 0.3) is 43.7 Å². The first-order valence-electron chi connectivity index (χ1n) is 9.56. The lowest BCUT2D eigenvalue weighted by molar-refractivity contribution is 1.38. The summed E-state index contributed by atoms with van der Waals surface area (Å²) in [7, 11) is 3.38. The van der Waals surface area contributed by atoms with Crippen molar-refractivity contribution in [1.29, 1.82) is 0 Å². The summed E-state index contributed by atoms with van der Waals surface area (Å²) in [6.07, 6.45) is 3.73. The van der Waals surface area contributed by atoms with E-state index in [1.54, 1.807) is 0 Å². The van der Waals surface area contributed by atoms with Crippen LogP contribution in [-0.2, 0) is 0 Å². The Morgan fingerprint density at radius 3 is 2.26 bits per heavy atom. The van der Waals surface area contributed by atoms with Gasteiger partial charge in [-0.05, 0) is 34.0 Å². The minimum Gasteiger partial charge on any atom is -0.254 e. The lowest BCUT2D eigenvalue weighted by Gasteiger charge is -2.15. The fourth-order valence-corrected chi connectivity index (χ4v) is 4.96. The standard InChI is InChI=1S/C22H15B3N2/c23-24-25-18-8-2-1-5-13(18)15-10-9-14-16-6-3-11-26-21(16)22-17(7-4-12-27-22)19(14)20(15)25/h1-12,24H,23H2. The maximum Gasteiger partial charge on any atom is 0.168 e. The third-order valence-corrected chi connectivity index (χ3v) is 6.03. The quantitative estimate of drug-likeness (QED) is 0.345. The Morgan fingerprint density at radius 1 is 0.704 bits per heavy atom. The molecular formula is C22H15B3N2. The molecule has 2 aromatic heterocycles. The van der Waals surface area contributed by atoms with Crippen molar-refractivity contribution in [2.45, 2.75) is 0 Å². The van der Waals surface area contributed by atoms with Crippen LogP contribution in [0.3, 0.4) is 0 Å². The first-order chi connectivity index (χ1) is 13.4. The Labute approximate surface area is 159 Å². The average molecular weight is 340 g/mol. The topological polar surface area (TPSA) is 25.8 Å². The van der Waals surface area contributed by atoms with Crippen LogP contribution in [0.15, 0.2) is 73.1 Å². The van der Waals surface area contributed by atoms with Gasteiger partial charge in [-0.1, -0.05) is 59.5 Å². The van der Waals surface area contributed by atoms with Crippen LogP contribution >= 0.6 is 0 Å². The summed E-state index contributed by atoms with van der Waals surface area (Å²) in [4.78, 5) is 9.39. The molecule has 2 nitrogen and oxygen atoms in total. The molecule has 1 aliphatic rings. The molecule has 3 heterocycles. The van der Waals surface area contributed by atoms with Gasteiger partial charge in [0.1, 0.15) is 0 Å². The molecule has 0 atom stereocenters. The van der Waals surface area contributed by atoms with Gasteiger partial charge in [0.15, 0.2) is 6.60 Å². The second kappa shape index (κ2) is 5.47. The van der Waals surface area contributed by atoms with E-state index in [1.165, 1.54) is 43.6 Å². The normalized spacial score (nSPS) is 12.5. The number of aromatic nitrogens is 2. The lowest BCUT2D eigenvalue weighted by atomic mass is 9.11. The molecule has 0 saturated carbocycles. The summed E-state index contributed by atoms with van der Waals surface area (Å²) in [5, 5.41) is 5.02. The number of rotatable bonds is 1. The van der Waals surface area contributed by atoms with Gasteiger partial charge in [0.05, 0.1) is 25.8 Å². The molecule has 0 spiro atoms. The Balaban J connectivity index is 1.90. The van der Waals surface area contributed by atoms with Crippen LogP contribution in [-0.4, -0.2) is 31.4 Å². The zero-order valence-corrected chi connectivity index (χ0v) is 15.1. The molecule has 0 bridgehead atoms. The highest BCUT2D eigenvalue weighted by Crippen LogP contribution is 2.35. The Kier molecular flexibility index (Phi) is 3.04. The molecule has 0 fully saturated rings. The highest BCUT2D eigenvalue weighted by atomic mass is 14.7. The van der Waals surface area contributed by atoms with Crippen molar-refractivity contribution in [3.63, 3.8) is 0 Å². The average Bonchev–Trinajstić information content (AvgIpc) is 3.07. The van der Waals surface area contributed by atoms with Gasteiger partial charge in [-0.25, -0.2) is 0 Å². The predicted octanol–water partition coefficient (Wildman–Crippen LogP) is 2.01. The van der Waals surface area contributed by atoms with Gasteiger partial charge >= 0.3 is 0 Å².